The lowest BCUT2D eigenvalue weighted by molar-refractivity contribution is -0.116. The maximum absolute atomic E-state index is 11.7. The largest absolute Gasteiger partial charge is 0.359 e. The van der Waals surface area contributed by atoms with Gasteiger partial charge in [-0.3, -0.25) is 4.79 Å². The molecule has 0 atom stereocenters. The monoisotopic (exact) mass is 231 g/mol. The molecule has 1 aromatic heterocycles. The molecule has 0 spiro atoms. The Kier molecular flexibility index (Phi) is 3.77. The molecular formula is C13H17N3O. The number of rotatable bonds is 5. The summed E-state index contributed by atoms with van der Waals surface area (Å²) in [4.78, 5) is 14.8. The van der Waals surface area contributed by atoms with Gasteiger partial charge in [0.2, 0.25) is 5.91 Å². The van der Waals surface area contributed by atoms with Gasteiger partial charge in [0.15, 0.2) is 0 Å². The Morgan fingerprint density at radius 2 is 2.18 bits per heavy atom. The van der Waals surface area contributed by atoms with Gasteiger partial charge in [-0.15, -0.1) is 0 Å². The van der Waals surface area contributed by atoms with Gasteiger partial charge in [-0.2, -0.15) is 0 Å². The van der Waals surface area contributed by atoms with Crippen LogP contribution in [-0.2, 0) is 4.79 Å². The summed E-state index contributed by atoms with van der Waals surface area (Å²) >= 11 is 0. The standard InChI is InChI=1S/C13H17N3O/c1-14-8-4-7-13(17)16-12-9-15-11-6-3-2-5-10(11)12/h2-3,5-6,9,14-15H,4,7-8H2,1H3,(H,16,17). The van der Waals surface area contributed by atoms with Crippen molar-refractivity contribution in [3.8, 4) is 0 Å². The number of hydrogen-bond donors (Lipinski definition) is 3. The van der Waals surface area contributed by atoms with Crippen LogP contribution in [0.4, 0.5) is 5.69 Å². The minimum atomic E-state index is 0.0602. The predicted octanol–water partition coefficient (Wildman–Crippen LogP) is 2.11. The zero-order valence-corrected chi connectivity index (χ0v) is 9.92. The van der Waals surface area contributed by atoms with Gasteiger partial charge in [0, 0.05) is 23.5 Å². The van der Waals surface area contributed by atoms with Crippen LogP contribution < -0.4 is 10.6 Å². The second kappa shape index (κ2) is 5.50. The van der Waals surface area contributed by atoms with E-state index in [9.17, 15) is 4.79 Å². The highest BCUT2D eigenvalue weighted by atomic mass is 16.1. The van der Waals surface area contributed by atoms with Crippen LogP contribution in [-0.4, -0.2) is 24.5 Å². The fourth-order valence-electron chi connectivity index (χ4n) is 1.81. The molecule has 0 saturated heterocycles. The maximum Gasteiger partial charge on any atom is 0.224 e. The van der Waals surface area contributed by atoms with E-state index in [0.717, 1.165) is 29.6 Å². The molecule has 1 amide bonds. The fraction of sp³-hybridized carbons (Fsp3) is 0.308. The molecule has 0 aliphatic heterocycles. The van der Waals surface area contributed by atoms with E-state index in [4.69, 9.17) is 0 Å². The molecular weight excluding hydrogens is 214 g/mol. The second-order valence-electron chi connectivity index (χ2n) is 4.00. The van der Waals surface area contributed by atoms with Crippen molar-refractivity contribution < 1.29 is 4.79 Å². The first-order valence-electron chi connectivity index (χ1n) is 5.82. The van der Waals surface area contributed by atoms with Gasteiger partial charge in [-0.1, -0.05) is 18.2 Å². The molecule has 0 bridgehead atoms. The van der Waals surface area contributed by atoms with Gasteiger partial charge in [0.25, 0.3) is 0 Å². The highest BCUT2D eigenvalue weighted by Gasteiger charge is 2.06. The molecule has 0 aliphatic rings. The summed E-state index contributed by atoms with van der Waals surface area (Å²) in [5.41, 5.74) is 1.90. The number of hydrogen-bond acceptors (Lipinski definition) is 2. The molecule has 90 valence electrons. The van der Waals surface area contributed by atoms with E-state index in [1.807, 2.05) is 37.5 Å². The Morgan fingerprint density at radius 1 is 1.35 bits per heavy atom. The van der Waals surface area contributed by atoms with Gasteiger partial charge in [-0.25, -0.2) is 0 Å². The highest BCUT2D eigenvalue weighted by Crippen LogP contribution is 2.22. The zero-order chi connectivity index (χ0) is 12.1. The number of carbonyl (C=O) groups excluding carboxylic acids is 1. The summed E-state index contributed by atoms with van der Waals surface area (Å²) in [6.45, 7) is 0.862. The Morgan fingerprint density at radius 3 is 3.00 bits per heavy atom. The van der Waals surface area contributed by atoms with Crippen molar-refractivity contribution in [2.45, 2.75) is 12.8 Å². The van der Waals surface area contributed by atoms with E-state index < -0.39 is 0 Å². The summed E-state index contributed by atoms with van der Waals surface area (Å²) in [5.74, 6) is 0.0602. The molecule has 2 rings (SSSR count). The Bertz CT molecular complexity index is 504. The molecule has 1 aromatic carbocycles. The van der Waals surface area contributed by atoms with Crippen LogP contribution in [0, 0.1) is 0 Å². The van der Waals surface area contributed by atoms with Crippen LogP contribution in [0.5, 0.6) is 0 Å². The first kappa shape index (κ1) is 11.7. The van der Waals surface area contributed by atoms with Crippen molar-refractivity contribution >= 4 is 22.5 Å². The van der Waals surface area contributed by atoms with Crippen LogP contribution in [0.3, 0.4) is 0 Å². The van der Waals surface area contributed by atoms with E-state index in [1.54, 1.807) is 0 Å². The Balaban J connectivity index is 2.01. The number of H-pyrrole nitrogens is 1. The molecule has 4 heteroatoms. The van der Waals surface area contributed by atoms with Gasteiger partial charge in [0.1, 0.15) is 0 Å². The summed E-state index contributed by atoms with van der Waals surface area (Å²) in [6.07, 6.45) is 3.23. The highest BCUT2D eigenvalue weighted by molar-refractivity contribution is 6.01. The van der Waals surface area contributed by atoms with E-state index in [-0.39, 0.29) is 5.91 Å². The topological polar surface area (TPSA) is 56.9 Å². The summed E-state index contributed by atoms with van der Waals surface area (Å²) < 4.78 is 0. The van der Waals surface area contributed by atoms with Crippen molar-refractivity contribution in [1.29, 1.82) is 0 Å². The second-order valence-corrected chi connectivity index (χ2v) is 4.00. The summed E-state index contributed by atoms with van der Waals surface area (Å²) in [6, 6.07) is 7.92. The van der Waals surface area contributed by atoms with Crippen LogP contribution >= 0.6 is 0 Å². The van der Waals surface area contributed by atoms with Crippen LogP contribution in [0.15, 0.2) is 30.5 Å². The molecule has 2 aromatic rings. The van der Waals surface area contributed by atoms with E-state index >= 15 is 0 Å². The first-order valence-corrected chi connectivity index (χ1v) is 5.82. The van der Waals surface area contributed by atoms with Gasteiger partial charge < -0.3 is 15.6 Å². The molecule has 0 unspecified atom stereocenters. The van der Waals surface area contributed by atoms with E-state index in [0.29, 0.717) is 6.42 Å². The number of aromatic nitrogens is 1. The molecule has 4 nitrogen and oxygen atoms in total. The lowest BCUT2D eigenvalue weighted by Crippen LogP contribution is -2.14. The van der Waals surface area contributed by atoms with E-state index in [1.165, 1.54) is 0 Å². The zero-order valence-electron chi connectivity index (χ0n) is 9.92. The van der Waals surface area contributed by atoms with Crippen molar-refractivity contribution in [3.63, 3.8) is 0 Å². The van der Waals surface area contributed by atoms with Crippen LogP contribution in [0.2, 0.25) is 0 Å². The van der Waals surface area contributed by atoms with E-state index in [2.05, 4.69) is 15.6 Å². The molecule has 17 heavy (non-hydrogen) atoms. The number of anilines is 1. The van der Waals surface area contributed by atoms with Crippen LogP contribution in [0.1, 0.15) is 12.8 Å². The third-order valence-corrected chi connectivity index (χ3v) is 2.69. The Hall–Kier alpha value is -1.81. The Labute approximate surface area is 100 Å². The SMILES string of the molecule is CNCCCC(=O)Nc1c[nH]c2ccccc12. The maximum atomic E-state index is 11.7. The minimum absolute atomic E-state index is 0.0602. The third kappa shape index (κ3) is 2.85. The lowest BCUT2D eigenvalue weighted by atomic mass is 10.2. The average Bonchev–Trinajstić information content (AvgIpc) is 2.73. The number of benzene rings is 1. The van der Waals surface area contributed by atoms with Crippen molar-refractivity contribution in [2.75, 3.05) is 18.9 Å². The molecule has 0 saturated carbocycles. The molecule has 0 fully saturated rings. The van der Waals surface area contributed by atoms with Gasteiger partial charge in [-0.05, 0) is 26.1 Å². The number of carbonyl (C=O) groups is 1. The lowest BCUT2D eigenvalue weighted by Gasteiger charge is -2.03. The average molecular weight is 231 g/mol. The van der Waals surface area contributed by atoms with Crippen molar-refractivity contribution in [1.82, 2.24) is 10.3 Å². The number of aromatic amines is 1. The smallest absolute Gasteiger partial charge is 0.224 e. The quantitative estimate of drug-likeness (QED) is 0.690. The van der Waals surface area contributed by atoms with Crippen molar-refractivity contribution in [3.05, 3.63) is 30.5 Å². The summed E-state index contributed by atoms with van der Waals surface area (Å²) in [7, 11) is 1.89. The van der Waals surface area contributed by atoms with Gasteiger partial charge in [0.05, 0.1) is 5.69 Å². The predicted molar refractivity (Wildman–Crippen MR) is 70.1 cm³/mol. The first-order chi connectivity index (χ1) is 8.31. The van der Waals surface area contributed by atoms with Crippen LogP contribution in [0.25, 0.3) is 10.9 Å². The summed E-state index contributed by atoms with van der Waals surface area (Å²) in [5, 5.41) is 7.00. The molecule has 0 aliphatic carbocycles. The number of amides is 1. The number of para-hydroxylation sites is 1. The molecule has 3 N–H and O–H groups in total. The number of nitrogens with one attached hydrogen (secondary N) is 3. The molecule has 1 heterocycles. The number of fused-ring (bicyclic) bond motifs is 1. The fourth-order valence-corrected chi connectivity index (χ4v) is 1.81. The third-order valence-electron chi connectivity index (χ3n) is 2.69. The normalized spacial score (nSPS) is 10.6. The van der Waals surface area contributed by atoms with Crippen molar-refractivity contribution in [2.24, 2.45) is 0 Å². The molecule has 0 radical (unpaired) electrons. The van der Waals surface area contributed by atoms with Gasteiger partial charge >= 0.3 is 0 Å². The minimum Gasteiger partial charge on any atom is -0.359 e.